The van der Waals surface area contributed by atoms with Crippen molar-refractivity contribution in [2.75, 3.05) is 0 Å². The van der Waals surface area contributed by atoms with Crippen LogP contribution >= 0.6 is 15.9 Å². The van der Waals surface area contributed by atoms with Gasteiger partial charge in [0.25, 0.3) is 0 Å². The SMILES string of the molecule is Brc1cccc(OCc2ccoc2)c1. The van der Waals surface area contributed by atoms with Gasteiger partial charge in [-0.1, -0.05) is 22.0 Å². The maximum absolute atomic E-state index is 5.54. The molecule has 0 N–H and O–H groups in total. The zero-order valence-corrected chi connectivity index (χ0v) is 9.03. The number of hydrogen-bond acceptors (Lipinski definition) is 2. The molecule has 14 heavy (non-hydrogen) atoms. The molecular formula is C11H9BrO2. The fraction of sp³-hybridized carbons (Fsp3) is 0.0909. The van der Waals surface area contributed by atoms with Gasteiger partial charge in [0.1, 0.15) is 12.4 Å². The Morgan fingerprint density at radius 1 is 1.29 bits per heavy atom. The number of furan rings is 1. The molecule has 0 atom stereocenters. The molecule has 1 heterocycles. The Bertz CT molecular complexity index is 395. The largest absolute Gasteiger partial charge is 0.489 e. The molecule has 0 aliphatic heterocycles. The molecule has 0 aliphatic rings. The summed E-state index contributed by atoms with van der Waals surface area (Å²) < 4.78 is 11.5. The Morgan fingerprint density at radius 3 is 2.93 bits per heavy atom. The second-order valence-corrected chi connectivity index (χ2v) is 3.79. The van der Waals surface area contributed by atoms with E-state index in [9.17, 15) is 0 Å². The molecule has 2 nitrogen and oxygen atoms in total. The van der Waals surface area contributed by atoms with Crippen LogP contribution < -0.4 is 4.74 Å². The molecule has 0 radical (unpaired) electrons. The smallest absolute Gasteiger partial charge is 0.120 e. The van der Waals surface area contributed by atoms with E-state index in [1.165, 1.54) is 0 Å². The van der Waals surface area contributed by atoms with Crippen LogP contribution in [0.15, 0.2) is 51.7 Å². The quantitative estimate of drug-likeness (QED) is 0.833. The van der Waals surface area contributed by atoms with Crippen molar-refractivity contribution in [1.82, 2.24) is 0 Å². The van der Waals surface area contributed by atoms with E-state index in [2.05, 4.69) is 15.9 Å². The lowest BCUT2D eigenvalue weighted by Crippen LogP contribution is -1.92. The normalized spacial score (nSPS) is 10.1. The van der Waals surface area contributed by atoms with Crippen molar-refractivity contribution in [3.05, 3.63) is 52.9 Å². The summed E-state index contributed by atoms with van der Waals surface area (Å²) in [6.45, 7) is 0.535. The Labute approximate surface area is 90.6 Å². The third kappa shape index (κ3) is 2.39. The van der Waals surface area contributed by atoms with E-state index in [1.807, 2.05) is 30.3 Å². The fourth-order valence-corrected chi connectivity index (χ4v) is 1.48. The average Bonchev–Trinajstić information content (AvgIpc) is 2.67. The first-order valence-electron chi connectivity index (χ1n) is 4.24. The van der Waals surface area contributed by atoms with Crippen LogP contribution in [-0.4, -0.2) is 0 Å². The van der Waals surface area contributed by atoms with Crippen molar-refractivity contribution in [3.63, 3.8) is 0 Å². The highest BCUT2D eigenvalue weighted by molar-refractivity contribution is 9.10. The van der Waals surface area contributed by atoms with Crippen molar-refractivity contribution < 1.29 is 9.15 Å². The van der Waals surface area contributed by atoms with Crippen LogP contribution in [0.25, 0.3) is 0 Å². The van der Waals surface area contributed by atoms with Gasteiger partial charge in [-0.25, -0.2) is 0 Å². The van der Waals surface area contributed by atoms with E-state index in [4.69, 9.17) is 9.15 Å². The topological polar surface area (TPSA) is 22.4 Å². The van der Waals surface area contributed by atoms with Crippen molar-refractivity contribution in [2.24, 2.45) is 0 Å². The first kappa shape index (κ1) is 9.34. The van der Waals surface area contributed by atoms with Crippen LogP contribution in [0.2, 0.25) is 0 Å². The molecular weight excluding hydrogens is 244 g/mol. The molecule has 0 aliphatic carbocycles. The maximum atomic E-state index is 5.54. The first-order chi connectivity index (χ1) is 6.84. The van der Waals surface area contributed by atoms with Crippen LogP contribution in [0.3, 0.4) is 0 Å². The summed E-state index contributed by atoms with van der Waals surface area (Å²) in [7, 11) is 0. The van der Waals surface area contributed by atoms with Gasteiger partial charge in [0.15, 0.2) is 0 Å². The molecule has 0 saturated heterocycles. The second kappa shape index (κ2) is 4.33. The minimum atomic E-state index is 0.535. The summed E-state index contributed by atoms with van der Waals surface area (Å²) in [5.41, 5.74) is 1.03. The van der Waals surface area contributed by atoms with Gasteiger partial charge in [-0.05, 0) is 24.3 Å². The maximum Gasteiger partial charge on any atom is 0.120 e. The lowest BCUT2D eigenvalue weighted by atomic mass is 10.3. The number of hydrogen-bond donors (Lipinski definition) is 0. The summed E-state index contributed by atoms with van der Waals surface area (Å²) in [5, 5.41) is 0. The van der Waals surface area contributed by atoms with Crippen LogP contribution in [-0.2, 0) is 6.61 Å². The molecule has 3 heteroatoms. The number of halogens is 1. The molecule has 0 saturated carbocycles. The third-order valence-electron chi connectivity index (χ3n) is 1.78. The average molecular weight is 253 g/mol. The van der Waals surface area contributed by atoms with Crippen LogP contribution in [0.1, 0.15) is 5.56 Å². The second-order valence-electron chi connectivity index (χ2n) is 2.88. The summed E-state index contributed by atoms with van der Waals surface area (Å²) in [6.07, 6.45) is 3.32. The predicted molar refractivity (Wildman–Crippen MR) is 57.2 cm³/mol. The standard InChI is InChI=1S/C11H9BrO2/c12-10-2-1-3-11(6-10)14-8-9-4-5-13-7-9/h1-7H,8H2. The van der Waals surface area contributed by atoms with E-state index >= 15 is 0 Å². The molecule has 0 bridgehead atoms. The summed E-state index contributed by atoms with van der Waals surface area (Å²) in [6, 6.07) is 9.64. The minimum Gasteiger partial charge on any atom is -0.489 e. The number of benzene rings is 1. The Hall–Kier alpha value is -1.22. The van der Waals surface area contributed by atoms with Gasteiger partial charge in [0.2, 0.25) is 0 Å². The third-order valence-corrected chi connectivity index (χ3v) is 2.27. The highest BCUT2D eigenvalue weighted by atomic mass is 79.9. The fourth-order valence-electron chi connectivity index (χ4n) is 1.10. The lowest BCUT2D eigenvalue weighted by Gasteiger charge is -2.03. The summed E-state index contributed by atoms with van der Waals surface area (Å²) in [5.74, 6) is 0.848. The molecule has 1 aromatic carbocycles. The van der Waals surface area contributed by atoms with Crippen molar-refractivity contribution in [3.8, 4) is 5.75 Å². The predicted octanol–water partition coefficient (Wildman–Crippen LogP) is 3.62. The van der Waals surface area contributed by atoms with E-state index in [0.29, 0.717) is 6.61 Å². The molecule has 1 aromatic heterocycles. The van der Waals surface area contributed by atoms with Crippen LogP contribution in [0.5, 0.6) is 5.75 Å². The van der Waals surface area contributed by atoms with Crippen LogP contribution in [0.4, 0.5) is 0 Å². The van der Waals surface area contributed by atoms with Gasteiger partial charge in [0.05, 0.1) is 12.5 Å². The van der Waals surface area contributed by atoms with Crippen molar-refractivity contribution in [1.29, 1.82) is 0 Å². The highest BCUT2D eigenvalue weighted by Crippen LogP contribution is 2.18. The molecule has 72 valence electrons. The minimum absolute atomic E-state index is 0.535. The first-order valence-corrected chi connectivity index (χ1v) is 5.03. The summed E-state index contributed by atoms with van der Waals surface area (Å²) >= 11 is 3.38. The van der Waals surface area contributed by atoms with Gasteiger partial charge in [-0.15, -0.1) is 0 Å². The Morgan fingerprint density at radius 2 is 2.21 bits per heavy atom. The lowest BCUT2D eigenvalue weighted by molar-refractivity contribution is 0.304. The van der Waals surface area contributed by atoms with E-state index in [1.54, 1.807) is 12.5 Å². The van der Waals surface area contributed by atoms with Crippen molar-refractivity contribution in [2.45, 2.75) is 6.61 Å². The van der Waals surface area contributed by atoms with Crippen molar-refractivity contribution >= 4 is 15.9 Å². The monoisotopic (exact) mass is 252 g/mol. The van der Waals surface area contributed by atoms with E-state index in [-0.39, 0.29) is 0 Å². The molecule has 0 fully saturated rings. The Balaban J connectivity index is 1.98. The zero-order valence-electron chi connectivity index (χ0n) is 7.44. The van der Waals surface area contributed by atoms with E-state index < -0.39 is 0 Å². The van der Waals surface area contributed by atoms with Crippen LogP contribution in [0, 0.1) is 0 Å². The van der Waals surface area contributed by atoms with Gasteiger partial charge >= 0.3 is 0 Å². The van der Waals surface area contributed by atoms with Gasteiger partial charge < -0.3 is 9.15 Å². The number of ether oxygens (including phenoxy) is 1. The van der Waals surface area contributed by atoms with Gasteiger partial charge in [-0.2, -0.15) is 0 Å². The molecule has 2 rings (SSSR count). The molecule has 2 aromatic rings. The Kier molecular flexibility index (Phi) is 2.89. The van der Waals surface area contributed by atoms with Gasteiger partial charge in [-0.3, -0.25) is 0 Å². The molecule has 0 amide bonds. The van der Waals surface area contributed by atoms with E-state index in [0.717, 1.165) is 15.8 Å². The molecule has 0 unspecified atom stereocenters. The van der Waals surface area contributed by atoms with Gasteiger partial charge in [0, 0.05) is 10.0 Å². The highest BCUT2D eigenvalue weighted by Gasteiger charge is 1.97. The zero-order chi connectivity index (χ0) is 9.80. The number of rotatable bonds is 3. The summed E-state index contributed by atoms with van der Waals surface area (Å²) in [4.78, 5) is 0. The molecule has 0 spiro atoms.